The number of amides is 1. The molecule has 0 spiro atoms. The monoisotopic (exact) mass is 447 g/mol. The fraction of sp³-hybridized carbons (Fsp3) is 0.200. The van der Waals surface area contributed by atoms with Crippen LogP contribution in [0.25, 0.3) is 22.0 Å². The van der Waals surface area contributed by atoms with E-state index in [0.29, 0.717) is 0 Å². The fourth-order valence-corrected chi connectivity index (χ4v) is 4.99. The van der Waals surface area contributed by atoms with Gasteiger partial charge < -0.3 is 4.90 Å². The number of aromatic nitrogens is 1. The average molecular weight is 448 g/mol. The van der Waals surface area contributed by atoms with Crippen LogP contribution in [0.1, 0.15) is 15.4 Å². The standard InChI is InChI=1S/C25H22ClN3OS/c26-20-10-8-19(9-11-20)23-17-31-24(27-23)16-28-12-14-29(15-13-28)25(30)22-7-3-5-18-4-1-2-6-21(18)22/h1-11,17H,12-16H2. The lowest BCUT2D eigenvalue weighted by Gasteiger charge is -2.34. The van der Waals surface area contributed by atoms with Crippen LogP contribution in [0.3, 0.4) is 0 Å². The van der Waals surface area contributed by atoms with E-state index >= 15 is 0 Å². The number of benzene rings is 3. The summed E-state index contributed by atoms with van der Waals surface area (Å²) in [4.78, 5) is 22.3. The van der Waals surface area contributed by atoms with Crippen LogP contribution in [0.2, 0.25) is 5.02 Å². The van der Waals surface area contributed by atoms with Crippen molar-refractivity contribution in [2.75, 3.05) is 26.2 Å². The molecule has 4 nitrogen and oxygen atoms in total. The molecule has 31 heavy (non-hydrogen) atoms. The molecule has 0 unspecified atom stereocenters. The molecular formula is C25H22ClN3OS. The smallest absolute Gasteiger partial charge is 0.254 e. The number of halogens is 1. The van der Waals surface area contributed by atoms with E-state index in [9.17, 15) is 4.79 Å². The van der Waals surface area contributed by atoms with Gasteiger partial charge in [-0.1, -0.05) is 60.1 Å². The molecule has 0 N–H and O–H groups in total. The molecule has 0 bridgehead atoms. The highest BCUT2D eigenvalue weighted by atomic mass is 35.5. The molecule has 5 rings (SSSR count). The predicted octanol–water partition coefficient (Wildman–Crippen LogP) is 5.57. The molecule has 2 heterocycles. The Bertz CT molecular complexity index is 1210. The van der Waals surface area contributed by atoms with Crippen LogP contribution < -0.4 is 0 Å². The van der Waals surface area contributed by atoms with Crippen LogP contribution in [-0.2, 0) is 6.54 Å². The lowest BCUT2D eigenvalue weighted by Crippen LogP contribution is -2.48. The molecule has 1 amide bonds. The Hall–Kier alpha value is -2.73. The Morgan fingerprint density at radius 3 is 2.48 bits per heavy atom. The molecule has 0 aliphatic carbocycles. The van der Waals surface area contributed by atoms with Crippen LogP contribution in [0.15, 0.2) is 72.1 Å². The van der Waals surface area contributed by atoms with E-state index < -0.39 is 0 Å². The zero-order valence-electron chi connectivity index (χ0n) is 17.0. The van der Waals surface area contributed by atoms with Crippen molar-refractivity contribution in [3.63, 3.8) is 0 Å². The third-order valence-corrected chi connectivity index (χ3v) is 6.82. The van der Waals surface area contributed by atoms with Gasteiger partial charge in [0, 0.05) is 47.7 Å². The fourth-order valence-electron chi connectivity index (χ4n) is 4.02. The lowest BCUT2D eigenvalue weighted by atomic mass is 10.0. The van der Waals surface area contributed by atoms with Crippen LogP contribution >= 0.6 is 22.9 Å². The van der Waals surface area contributed by atoms with Crippen molar-refractivity contribution in [1.29, 1.82) is 0 Å². The molecule has 6 heteroatoms. The zero-order chi connectivity index (χ0) is 21.2. The van der Waals surface area contributed by atoms with E-state index in [-0.39, 0.29) is 5.91 Å². The largest absolute Gasteiger partial charge is 0.336 e. The number of carbonyl (C=O) groups is 1. The van der Waals surface area contributed by atoms with Gasteiger partial charge in [-0.05, 0) is 29.0 Å². The van der Waals surface area contributed by atoms with Crippen molar-refractivity contribution in [2.24, 2.45) is 0 Å². The maximum atomic E-state index is 13.2. The molecule has 1 aliphatic heterocycles. The minimum Gasteiger partial charge on any atom is -0.336 e. The van der Waals surface area contributed by atoms with E-state index in [1.54, 1.807) is 11.3 Å². The van der Waals surface area contributed by atoms with E-state index in [1.807, 2.05) is 59.5 Å². The van der Waals surface area contributed by atoms with Gasteiger partial charge in [-0.2, -0.15) is 0 Å². The SMILES string of the molecule is O=C(c1cccc2ccccc12)N1CCN(Cc2nc(-c3ccc(Cl)cc3)cs2)CC1. The van der Waals surface area contributed by atoms with Gasteiger partial charge >= 0.3 is 0 Å². The zero-order valence-corrected chi connectivity index (χ0v) is 18.6. The predicted molar refractivity (Wildman–Crippen MR) is 128 cm³/mol. The van der Waals surface area contributed by atoms with E-state index in [4.69, 9.17) is 16.6 Å². The van der Waals surface area contributed by atoms with Gasteiger partial charge in [-0.25, -0.2) is 4.98 Å². The summed E-state index contributed by atoms with van der Waals surface area (Å²) in [7, 11) is 0. The van der Waals surface area contributed by atoms with Gasteiger partial charge in [0.2, 0.25) is 0 Å². The Labute approximate surface area is 190 Å². The number of rotatable bonds is 4. The van der Waals surface area contributed by atoms with E-state index in [0.717, 1.165) is 70.3 Å². The highest BCUT2D eigenvalue weighted by molar-refractivity contribution is 7.09. The van der Waals surface area contributed by atoms with Crippen molar-refractivity contribution in [2.45, 2.75) is 6.54 Å². The second-order valence-electron chi connectivity index (χ2n) is 7.73. The summed E-state index contributed by atoms with van der Waals surface area (Å²) in [5.41, 5.74) is 2.86. The van der Waals surface area contributed by atoms with Crippen molar-refractivity contribution >= 4 is 39.6 Å². The molecule has 0 atom stereocenters. The number of thiazole rings is 1. The maximum Gasteiger partial charge on any atom is 0.254 e. The Morgan fingerprint density at radius 2 is 1.68 bits per heavy atom. The van der Waals surface area contributed by atoms with Crippen LogP contribution in [0.5, 0.6) is 0 Å². The van der Waals surface area contributed by atoms with E-state index in [1.165, 1.54) is 0 Å². The third-order valence-electron chi connectivity index (χ3n) is 5.73. The average Bonchev–Trinajstić information content (AvgIpc) is 3.27. The minimum atomic E-state index is 0.121. The summed E-state index contributed by atoms with van der Waals surface area (Å²) in [5.74, 6) is 0.121. The number of carbonyl (C=O) groups excluding carboxylic acids is 1. The highest BCUT2D eigenvalue weighted by Gasteiger charge is 2.23. The summed E-state index contributed by atoms with van der Waals surface area (Å²) in [6, 6.07) is 21.8. The molecule has 3 aromatic carbocycles. The Kier molecular flexibility index (Phi) is 5.72. The molecule has 1 saturated heterocycles. The molecule has 1 aliphatic rings. The Morgan fingerprint density at radius 1 is 0.935 bits per heavy atom. The second kappa shape index (κ2) is 8.79. The van der Waals surface area contributed by atoms with Crippen molar-refractivity contribution in [3.8, 4) is 11.3 Å². The third kappa shape index (κ3) is 4.35. The Balaban J connectivity index is 1.22. The molecule has 156 valence electrons. The van der Waals surface area contributed by atoms with Crippen molar-refractivity contribution < 1.29 is 4.79 Å². The first kappa shape index (κ1) is 20.2. The molecule has 1 aromatic heterocycles. The van der Waals surface area contributed by atoms with Crippen molar-refractivity contribution in [3.05, 3.63) is 87.7 Å². The van der Waals surface area contributed by atoms with Crippen LogP contribution in [-0.4, -0.2) is 46.9 Å². The summed E-state index contributed by atoms with van der Waals surface area (Å²) in [6.07, 6.45) is 0. The second-order valence-corrected chi connectivity index (χ2v) is 9.11. The summed E-state index contributed by atoms with van der Waals surface area (Å²) in [6.45, 7) is 3.99. The topological polar surface area (TPSA) is 36.4 Å². The lowest BCUT2D eigenvalue weighted by molar-refractivity contribution is 0.0630. The molecule has 0 saturated carbocycles. The summed E-state index contributed by atoms with van der Waals surface area (Å²) >= 11 is 7.66. The van der Waals surface area contributed by atoms with Crippen molar-refractivity contribution in [1.82, 2.24) is 14.8 Å². The maximum absolute atomic E-state index is 13.2. The first-order chi connectivity index (χ1) is 15.2. The molecule has 4 aromatic rings. The van der Waals surface area contributed by atoms with E-state index in [2.05, 4.69) is 22.4 Å². The highest BCUT2D eigenvalue weighted by Crippen LogP contribution is 2.25. The molecule has 0 radical (unpaired) electrons. The van der Waals surface area contributed by atoms with Gasteiger partial charge in [0.15, 0.2) is 0 Å². The number of fused-ring (bicyclic) bond motifs is 1. The quantitative estimate of drug-likeness (QED) is 0.410. The van der Waals surface area contributed by atoms with Gasteiger partial charge in [0.1, 0.15) is 5.01 Å². The normalized spacial score (nSPS) is 14.8. The van der Waals surface area contributed by atoms with Gasteiger partial charge in [0.25, 0.3) is 5.91 Å². The number of hydrogen-bond acceptors (Lipinski definition) is 4. The van der Waals surface area contributed by atoms with Gasteiger partial charge in [0.05, 0.1) is 12.2 Å². The van der Waals surface area contributed by atoms with Gasteiger partial charge in [-0.3, -0.25) is 9.69 Å². The van der Waals surface area contributed by atoms with Crippen LogP contribution in [0.4, 0.5) is 0 Å². The molecule has 1 fully saturated rings. The van der Waals surface area contributed by atoms with Crippen LogP contribution in [0, 0.1) is 0 Å². The molecular weight excluding hydrogens is 426 g/mol. The number of piperazine rings is 1. The number of hydrogen-bond donors (Lipinski definition) is 0. The number of nitrogens with zero attached hydrogens (tertiary/aromatic N) is 3. The first-order valence-corrected chi connectivity index (χ1v) is 11.6. The summed E-state index contributed by atoms with van der Waals surface area (Å²) in [5, 5.41) is 6.05. The first-order valence-electron chi connectivity index (χ1n) is 10.4. The summed E-state index contributed by atoms with van der Waals surface area (Å²) < 4.78 is 0. The van der Waals surface area contributed by atoms with Gasteiger partial charge in [-0.15, -0.1) is 11.3 Å². The minimum absolute atomic E-state index is 0.121.